The largest absolute Gasteiger partial charge is 0.323 e. The fraction of sp³-hybridized carbons (Fsp3) is 0.154. The minimum atomic E-state index is -0.704. The fourth-order valence-corrected chi connectivity index (χ4v) is 4.79. The lowest BCUT2D eigenvalue weighted by atomic mass is 9.98. The van der Waals surface area contributed by atoms with Crippen molar-refractivity contribution in [1.29, 1.82) is 5.26 Å². The SMILES string of the molecule is C=CCn1c(C2(C#N)[C@H](c3ccccc3)[C@H]2c2ccccc2)nc2ccccc21. The van der Waals surface area contributed by atoms with Crippen molar-refractivity contribution in [3.8, 4) is 6.07 Å². The van der Waals surface area contributed by atoms with E-state index in [0.717, 1.165) is 16.9 Å². The normalized spacial score (nSPS) is 22.9. The van der Waals surface area contributed by atoms with Gasteiger partial charge in [-0.2, -0.15) is 5.26 Å². The van der Waals surface area contributed by atoms with Gasteiger partial charge in [0, 0.05) is 18.4 Å². The molecule has 0 aliphatic heterocycles. The van der Waals surface area contributed by atoms with Gasteiger partial charge in [0.25, 0.3) is 0 Å². The Hall–Kier alpha value is -3.64. The minimum absolute atomic E-state index is 0.0662. The summed E-state index contributed by atoms with van der Waals surface area (Å²) in [5, 5.41) is 10.6. The fourth-order valence-electron chi connectivity index (χ4n) is 4.79. The molecule has 0 saturated heterocycles. The highest BCUT2D eigenvalue weighted by atomic mass is 15.1. The quantitative estimate of drug-likeness (QED) is 0.428. The second-order valence-corrected chi connectivity index (χ2v) is 7.58. The molecular weight excluding hydrogens is 354 g/mol. The third kappa shape index (κ3) is 2.53. The van der Waals surface area contributed by atoms with Crippen molar-refractivity contribution >= 4 is 11.0 Å². The monoisotopic (exact) mass is 375 g/mol. The summed E-state index contributed by atoms with van der Waals surface area (Å²) in [6.45, 7) is 4.56. The molecule has 0 N–H and O–H groups in total. The molecule has 2 atom stereocenters. The van der Waals surface area contributed by atoms with Gasteiger partial charge in [-0.25, -0.2) is 4.98 Å². The predicted molar refractivity (Wildman–Crippen MR) is 116 cm³/mol. The molecule has 5 rings (SSSR count). The van der Waals surface area contributed by atoms with Crippen LogP contribution in [0.15, 0.2) is 97.6 Å². The van der Waals surface area contributed by atoms with E-state index in [1.54, 1.807) is 0 Å². The minimum Gasteiger partial charge on any atom is -0.323 e. The number of benzene rings is 3. The summed E-state index contributed by atoms with van der Waals surface area (Å²) in [4.78, 5) is 4.98. The summed E-state index contributed by atoms with van der Waals surface area (Å²) in [5.41, 5.74) is 3.62. The van der Waals surface area contributed by atoms with Crippen LogP contribution in [-0.4, -0.2) is 9.55 Å². The van der Waals surface area contributed by atoms with Crippen molar-refractivity contribution in [2.45, 2.75) is 23.8 Å². The Bertz CT molecular complexity index is 1170. The summed E-state index contributed by atoms with van der Waals surface area (Å²) in [5.74, 6) is 0.969. The molecule has 1 heterocycles. The number of para-hydroxylation sites is 2. The average Bonchev–Trinajstić information content (AvgIpc) is 3.35. The molecule has 1 fully saturated rings. The van der Waals surface area contributed by atoms with E-state index in [2.05, 4.69) is 47.5 Å². The second kappa shape index (κ2) is 6.76. The summed E-state index contributed by atoms with van der Waals surface area (Å²) in [6.07, 6.45) is 1.88. The van der Waals surface area contributed by atoms with E-state index in [1.807, 2.05) is 60.7 Å². The third-order valence-corrected chi connectivity index (χ3v) is 6.04. The molecular formula is C26H21N3. The average molecular weight is 375 g/mol. The molecule has 0 amide bonds. The number of allylic oxidation sites excluding steroid dienone is 1. The van der Waals surface area contributed by atoms with Gasteiger partial charge in [0.2, 0.25) is 0 Å². The zero-order chi connectivity index (χ0) is 19.8. The van der Waals surface area contributed by atoms with Gasteiger partial charge in [0.1, 0.15) is 11.2 Å². The van der Waals surface area contributed by atoms with Crippen molar-refractivity contribution in [1.82, 2.24) is 9.55 Å². The first kappa shape index (κ1) is 17.5. The van der Waals surface area contributed by atoms with Gasteiger partial charge < -0.3 is 4.57 Å². The van der Waals surface area contributed by atoms with Crippen LogP contribution >= 0.6 is 0 Å². The van der Waals surface area contributed by atoms with Crippen LogP contribution in [0.2, 0.25) is 0 Å². The van der Waals surface area contributed by atoms with Gasteiger partial charge in [0.15, 0.2) is 0 Å². The highest BCUT2D eigenvalue weighted by Gasteiger charge is 2.70. The highest BCUT2D eigenvalue weighted by molar-refractivity contribution is 5.77. The van der Waals surface area contributed by atoms with Gasteiger partial charge in [-0.3, -0.25) is 0 Å². The molecule has 140 valence electrons. The molecule has 3 aromatic carbocycles. The van der Waals surface area contributed by atoms with Crippen LogP contribution in [0.5, 0.6) is 0 Å². The number of nitriles is 1. The number of aromatic nitrogens is 2. The molecule has 0 unspecified atom stereocenters. The van der Waals surface area contributed by atoms with Crippen LogP contribution in [-0.2, 0) is 12.0 Å². The van der Waals surface area contributed by atoms with Gasteiger partial charge in [-0.15, -0.1) is 6.58 Å². The molecule has 0 bridgehead atoms. The van der Waals surface area contributed by atoms with E-state index in [1.165, 1.54) is 11.1 Å². The number of rotatable bonds is 5. The highest BCUT2D eigenvalue weighted by Crippen LogP contribution is 2.70. The smallest absolute Gasteiger partial charge is 0.132 e. The van der Waals surface area contributed by atoms with Crippen LogP contribution in [0.3, 0.4) is 0 Å². The lowest BCUT2D eigenvalue weighted by Crippen LogP contribution is -2.17. The number of imidazole rings is 1. The van der Waals surface area contributed by atoms with Crippen molar-refractivity contribution < 1.29 is 0 Å². The van der Waals surface area contributed by atoms with E-state index < -0.39 is 5.41 Å². The van der Waals surface area contributed by atoms with Gasteiger partial charge in [-0.05, 0) is 23.3 Å². The third-order valence-electron chi connectivity index (χ3n) is 6.04. The lowest BCUT2D eigenvalue weighted by molar-refractivity contribution is 0.675. The second-order valence-electron chi connectivity index (χ2n) is 7.58. The van der Waals surface area contributed by atoms with Crippen LogP contribution in [0.1, 0.15) is 28.8 Å². The summed E-state index contributed by atoms with van der Waals surface area (Å²) in [7, 11) is 0. The van der Waals surface area contributed by atoms with Crippen LogP contribution < -0.4 is 0 Å². The summed E-state index contributed by atoms with van der Waals surface area (Å²) < 4.78 is 2.16. The lowest BCUT2D eigenvalue weighted by Gasteiger charge is -2.13. The topological polar surface area (TPSA) is 41.6 Å². The van der Waals surface area contributed by atoms with Gasteiger partial charge in [-0.1, -0.05) is 78.9 Å². The summed E-state index contributed by atoms with van der Waals surface area (Å²) in [6, 6.07) is 31.5. The van der Waals surface area contributed by atoms with Crippen molar-refractivity contribution in [3.63, 3.8) is 0 Å². The van der Waals surface area contributed by atoms with E-state index in [9.17, 15) is 5.26 Å². The van der Waals surface area contributed by atoms with Gasteiger partial charge >= 0.3 is 0 Å². The summed E-state index contributed by atoms with van der Waals surface area (Å²) >= 11 is 0. The molecule has 3 heteroatoms. The Morgan fingerprint density at radius 2 is 1.45 bits per heavy atom. The molecule has 4 aromatic rings. The van der Waals surface area contributed by atoms with Crippen molar-refractivity contribution in [2.24, 2.45) is 0 Å². The number of hydrogen-bond acceptors (Lipinski definition) is 2. The van der Waals surface area contributed by atoms with Crippen LogP contribution in [0.25, 0.3) is 11.0 Å². The maximum atomic E-state index is 10.6. The number of hydrogen-bond donors (Lipinski definition) is 0. The standard InChI is InChI=1S/C26H21N3/c1-2-17-29-22-16-10-9-15-21(22)28-25(29)26(18-27)23(19-11-5-3-6-12-19)24(26)20-13-7-4-8-14-20/h2-16,23-24H,1,17H2/t23-,24-/m1/s1. The molecule has 1 aromatic heterocycles. The maximum absolute atomic E-state index is 10.6. The number of nitrogens with zero attached hydrogens (tertiary/aromatic N) is 3. The zero-order valence-corrected chi connectivity index (χ0v) is 16.1. The van der Waals surface area contributed by atoms with E-state index in [4.69, 9.17) is 4.98 Å². The first-order valence-corrected chi connectivity index (χ1v) is 9.89. The van der Waals surface area contributed by atoms with Crippen molar-refractivity contribution in [2.75, 3.05) is 0 Å². The Morgan fingerprint density at radius 3 is 2.00 bits per heavy atom. The van der Waals surface area contributed by atoms with E-state index in [-0.39, 0.29) is 11.8 Å². The molecule has 3 nitrogen and oxygen atoms in total. The molecule has 0 spiro atoms. The first-order valence-electron chi connectivity index (χ1n) is 9.89. The Kier molecular flexibility index (Phi) is 4.07. The molecule has 1 aliphatic carbocycles. The zero-order valence-electron chi connectivity index (χ0n) is 16.1. The van der Waals surface area contributed by atoms with Crippen LogP contribution in [0, 0.1) is 11.3 Å². The number of fused-ring (bicyclic) bond motifs is 1. The van der Waals surface area contributed by atoms with Crippen molar-refractivity contribution in [3.05, 3.63) is 115 Å². The molecule has 0 radical (unpaired) electrons. The molecule has 29 heavy (non-hydrogen) atoms. The predicted octanol–water partition coefficient (Wildman–Crippen LogP) is 5.56. The first-order chi connectivity index (χ1) is 14.3. The van der Waals surface area contributed by atoms with Gasteiger partial charge in [0.05, 0.1) is 17.1 Å². The van der Waals surface area contributed by atoms with Crippen LogP contribution in [0.4, 0.5) is 0 Å². The Morgan fingerprint density at radius 1 is 0.897 bits per heavy atom. The Labute approximate surface area is 170 Å². The van der Waals surface area contributed by atoms with E-state index >= 15 is 0 Å². The maximum Gasteiger partial charge on any atom is 0.132 e. The Balaban J connectivity index is 1.76. The van der Waals surface area contributed by atoms with E-state index in [0.29, 0.717) is 6.54 Å². The molecule has 1 saturated carbocycles. The molecule has 1 aliphatic rings.